The van der Waals surface area contributed by atoms with Gasteiger partial charge in [0.1, 0.15) is 5.60 Å². The molecule has 0 amide bonds. The quantitative estimate of drug-likeness (QED) is 0.375. The van der Waals surface area contributed by atoms with Crippen LogP contribution in [0.15, 0.2) is 30.3 Å². The van der Waals surface area contributed by atoms with Crippen LogP contribution in [0.4, 0.5) is 0 Å². The first-order chi connectivity index (χ1) is 19.1. The Morgan fingerprint density at radius 1 is 0.854 bits per heavy atom. The molecular weight excluding hydrogens is 502 g/mol. The molecule has 41 heavy (non-hydrogen) atoms. The lowest BCUT2D eigenvalue weighted by Crippen LogP contribution is -2.65. The summed E-state index contributed by atoms with van der Waals surface area (Å²) < 4.78 is 5.61. The van der Waals surface area contributed by atoms with Crippen LogP contribution in [0.1, 0.15) is 136 Å². The molecule has 7 unspecified atom stereocenters. The predicted octanol–water partition coefficient (Wildman–Crippen LogP) is 9.45. The van der Waals surface area contributed by atoms with Gasteiger partial charge in [0.2, 0.25) is 0 Å². The highest BCUT2D eigenvalue weighted by atomic mass is 16.6. The van der Waals surface area contributed by atoms with Gasteiger partial charge in [0.25, 0.3) is 0 Å². The Hall–Kier alpha value is -1.61. The predicted molar refractivity (Wildman–Crippen MR) is 169 cm³/mol. The molecule has 1 aromatic rings. The summed E-state index contributed by atoms with van der Waals surface area (Å²) >= 11 is 0. The third-order valence-electron chi connectivity index (χ3n) is 14.4. The zero-order chi connectivity index (χ0) is 29.6. The van der Waals surface area contributed by atoms with E-state index in [-0.39, 0.29) is 11.4 Å². The summed E-state index contributed by atoms with van der Waals surface area (Å²) in [6.45, 7) is 19.8. The number of allylic oxidation sites excluding steroid dienone is 2. The minimum atomic E-state index is -0.484. The first kappa shape index (κ1) is 29.5. The molecule has 0 aliphatic heterocycles. The van der Waals surface area contributed by atoms with E-state index in [1.165, 1.54) is 75.3 Å². The Morgan fingerprint density at radius 2 is 1.56 bits per heavy atom. The van der Waals surface area contributed by atoms with Crippen molar-refractivity contribution in [3.05, 3.63) is 41.5 Å². The van der Waals surface area contributed by atoms with E-state index < -0.39 is 5.60 Å². The average molecular weight is 560 g/mol. The summed E-state index contributed by atoms with van der Waals surface area (Å²) in [7, 11) is 0. The Kier molecular flexibility index (Phi) is 6.79. The van der Waals surface area contributed by atoms with E-state index in [9.17, 15) is 4.79 Å². The van der Waals surface area contributed by atoms with Gasteiger partial charge < -0.3 is 10.5 Å². The van der Waals surface area contributed by atoms with E-state index in [4.69, 9.17) is 10.5 Å². The Bertz CT molecular complexity index is 1220. The standard InChI is InChI=1S/C38H57NO2/c1-33(2,3)41-32(40)26-13-11-25(12-14-26)27-17-20-35(6)30(34(27,4)5)18-21-37(8)31(35)16-15-28-29-10-9-19-38(29,24-39)23-22-36(28,37)7/h11-14,17,28-31H,9-10,15-16,18-24,39H2,1-8H3/t28?,29?,30?,31?,35?,36-,37?,38?/m1/s1. The van der Waals surface area contributed by atoms with Crippen molar-refractivity contribution in [2.24, 2.45) is 56.5 Å². The van der Waals surface area contributed by atoms with Crippen LogP contribution in [0.2, 0.25) is 0 Å². The highest BCUT2D eigenvalue weighted by Crippen LogP contribution is 2.76. The van der Waals surface area contributed by atoms with Crippen LogP contribution in [0, 0.1) is 50.7 Å². The maximum atomic E-state index is 12.6. The fraction of sp³-hybridized carbons (Fsp3) is 0.763. The first-order valence-electron chi connectivity index (χ1n) is 16.9. The third-order valence-corrected chi connectivity index (χ3v) is 14.4. The van der Waals surface area contributed by atoms with Gasteiger partial charge in [0.15, 0.2) is 0 Å². The second kappa shape index (κ2) is 9.44. The Balaban J connectivity index is 1.29. The summed E-state index contributed by atoms with van der Waals surface area (Å²) in [5, 5.41) is 0. The van der Waals surface area contributed by atoms with Gasteiger partial charge in [-0.15, -0.1) is 0 Å². The summed E-state index contributed by atoms with van der Waals surface area (Å²) in [4.78, 5) is 12.6. The number of hydrogen-bond acceptors (Lipinski definition) is 3. The van der Waals surface area contributed by atoms with Gasteiger partial charge in [-0.3, -0.25) is 0 Å². The van der Waals surface area contributed by atoms with Gasteiger partial charge in [-0.25, -0.2) is 4.79 Å². The largest absolute Gasteiger partial charge is 0.456 e. The molecule has 0 radical (unpaired) electrons. The van der Waals surface area contributed by atoms with Crippen LogP contribution in [0.25, 0.3) is 5.57 Å². The molecule has 0 bridgehead atoms. The van der Waals surface area contributed by atoms with Crippen molar-refractivity contribution >= 4 is 11.5 Å². The topological polar surface area (TPSA) is 52.3 Å². The molecule has 5 aliphatic carbocycles. The van der Waals surface area contributed by atoms with Crippen molar-refractivity contribution in [3.63, 3.8) is 0 Å². The molecule has 2 N–H and O–H groups in total. The second-order valence-electron chi connectivity index (χ2n) is 17.4. The summed E-state index contributed by atoms with van der Waals surface area (Å²) in [5.41, 5.74) is 11.1. The van der Waals surface area contributed by atoms with Gasteiger partial charge in [0.05, 0.1) is 5.56 Å². The highest BCUT2D eigenvalue weighted by Gasteiger charge is 2.69. The molecule has 8 atom stereocenters. The van der Waals surface area contributed by atoms with E-state index in [0.29, 0.717) is 33.1 Å². The molecule has 0 spiro atoms. The average Bonchev–Trinajstić information content (AvgIpc) is 3.33. The summed E-state index contributed by atoms with van der Waals surface area (Å²) in [6.07, 6.45) is 16.2. The van der Waals surface area contributed by atoms with Gasteiger partial charge in [-0.05, 0) is 159 Å². The zero-order valence-electron chi connectivity index (χ0n) is 27.4. The molecule has 6 rings (SSSR count). The van der Waals surface area contributed by atoms with Crippen LogP contribution in [0.5, 0.6) is 0 Å². The van der Waals surface area contributed by atoms with Crippen LogP contribution >= 0.6 is 0 Å². The van der Waals surface area contributed by atoms with Gasteiger partial charge in [-0.1, -0.05) is 59.2 Å². The van der Waals surface area contributed by atoms with Crippen molar-refractivity contribution in [1.82, 2.24) is 0 Å². The number of esters is 1. The smallest absolute Gasteiger partial charge is 0.338 e. The lowest BCUT2D eigenvalue weighted by Gasteiger charge is -2.72. The Morgan fingerprint density at radius 3 is 2.22 bits per heavy atom. The van der Waals surface area contributed by atoms with Gasteiger partial charge in [-0.2, -0.15) is 0 Å². The Labute approximate surface area is 250 Å². The number of ether oxygens (including phenoxy) is 1. The third kappa shape index (κ3) is 4.17. The number of nitrogens with two attached hydrogens (primary N) is 1. The van der Waals surface area contributed by atoms with Crippen molar-refractivity contribution in [1.29, 1.82) is 0 Å². The van der Waals surface area contributed by atoms with Crippen LogP contribution < -0.4 is 5.73 Å². The van der Waals surface area contributed by atoms with Crippen LogP contribution in [-0.4, -0.2) is 18.1 Å². The second-order valence-corrected chi connectivity index (χ2v) is 17.4. The van der Waals surface area contributed by atoms with Gasteiger partial charge >= 0.3 is 5.97 Å². The molecule has 0 aromatic heterocycles. The number of fused-ring (bicyclic) bond motifs is 7. The molecule has 0 heterocycles. The maximum absolute atomic E-state index is 12.6. The van der Waals surface area contributed by atoms with Crippen molar-refractivity contribution in [3.8, 4) is 0 Å². The molecular formula is C38H57NO2. The normalized spacial score (nSPS) is 43.2. The van der Waals surface area contributed by atoms with Crippen molar-refractivity contribution < 1.29 is 9.53 Å². The molecule has 3 heteroatoms. The summed E-state index contributed by atoms with van der Waals surface area (Å²) in [5.74, 6) is 2.90. The number of benzene rings is 1. The summed E-state index contributed by atoms with van der Waals surface area (Å²) in [6, 6.07) is 8.23. The van der Waals surface area contributed by atoms with E-state index in [0.717, 1.165) is 24.3 Å². The molecule has 4 fully saturated rings. The lowest BCUT2D eigenvalue weighted by atomic mass is 9.32. The minimum Gasteiger partial charge on any atom is -0.456 e. The van der Waals surface area contributed by atoms with E-state index >= 15 is 0 Å². The fourth-order valence-electron chi connectivity index (χ4n) is 12.3. The molecule has 1 aromatic carbocycles. The van der Waals surface area contributed by atoms with E-state index in [1.807, 2.05) is 32.9 Å². The maximum Gasteiger partial charge on any atom is 0.338 e. The number of carbonyl (C=O) groups is 1. The van der Waals surface area contributed by atoms with Crippen LogP contribution in [0.3, 0.4) is 0 Å². The minimum absolute atomic E-state index is 0.0895. The molecule has 5 aliphatic rings. The molecule has 4 saturated carbocycles. The molecule has 3 nitrogen and oxygen atoms in total. The van der Waals surface area contributed by atoms with Crippen LogP contribution in [-0.2, 0) is 4.74 Å². The van der Waals surface area contributed by atoms with E-state index in [1.54, 1.807) is 0 Å². The number of carbonyl (C=O) groups excluding carboxylic acids is 1. The lowest BCUT2D eigenvalue weighted by molar-refractivity contribution is -0.221. The SMILES string of the molecule is CC(C)(C)OC(=O)c1ccc(C2=CCC3(C)C(CCC4(C)C3CCC3C5CCCC5(CN)CC[C@]34C)C2(C)C)cc1. The highest BCUT2D eigenvalue weighted by molar-refractivity contribution is 5.90. The molecule has 0 saturated heterocycles. The molecule has 226 valence electrons. The van der Waals surface area contributed by atoms with Gasteiger partial charge in [0, 0.05) is 0 Å². The first-order valence-corrected chi connectivity index (χ1v) is 16.9. The zero-order valence-corrected chi connectivity index (χ0v) is 27.4. The monoisotopic (exact) mass is 559 g/mol. The van der Waals surface area contributed by atoms with E-state index in [2.05, 4.69) is 52.8 Å². The number of rotatable bonds is 3. The van der Waals surface area contributed by atoms with Crippen molar-refractivity contribution in [2.45, 2.75) is 125 Å². The number of hydrogen-bond donors (Lipinski definition) is 1. The van der Waals surface area contributed by atoms with Crippen molar-refractivity contribution in [2.75, 3.05) is 6.54 Å². The fourth-order valence-corrected chi connectivity index (χ4v) is 12.3.